The highest BCUT2D eigenvalue weighted by atomic mass is 32.2. The van der Waals surface area contributed by atoms with E-state index < -0.39 is 10.0 Å². The normalized spacial score (nSPS) is 14.1. The Balaban J connectivity index is 1.85. The van der Waals surface area contributed by atoms with Gasteiger partial charge in [0.15, 0.2) is 0 Å². The van der Waals surface area contributed by atoms with Crippen LogP contribution in [0, 0.1) is 16.7 Å². The van der Waals surface area contributed by atoms with E-state index in [1.807, 2.05) is 6.92 Å². The fourth-order valence-electron chi connectivity index (χ4n) is 2.97. The molecule has 0 unspecified atom stereocenters. The Labute approximate surface area is 175 Å². The molecule has 1 saturated carbocycles. The molecule has 9 heteroatoms. The predicted molar refractivity (Wildman–Crippen MR) is 118 cm³/mol. The highest BCUT2D eigenvalue weighted by molar-refractivity contribution is 7.93. The monoisotopic (exact) mass is 425 g/mol. The van der Waals surface area contributed by atoms with Gasteiger partial charge < -0.3 is 15.3 Å². The lowest BCUT2D eigenvalue weighted by molar-refractivity contribution is 0.600. The summed E-state index contributed by atoms with van der Waals surface area (Å²) >= 11 is 0. The van der Waals surface area contributed by atoms with Crippen LogP contribution in [0.25, 0.3) is 5.57 Å². The quantitative estimate of drug-likeness (QED) is 0.532. The first kappa shape index (κ1) is 21.3. The lowest BCUT2D eigenvalue weighted by atomic mass is 10.0. The summed E-state index contributed by atoms with van der Waals surface area (Å²) in [7, 11) is -3.42. The van der Waals surface area contributed by atoms with Gasteiger partial charge in [0.05, 0.1) is 22.6 Å². The van der Waals surface area contributed by atoms with Gasteiger partial charge in [-0.2, -0.15) is 5.26 Å². The Bertz CT molecular complexity index is 1190. The third kappa shape index (κ3) is 4.96. The topological polar surface area (TPSA) is 128 Å². The zero-order chi connectivity index (χ0) is 21.7. The summed E-state index contributed by atoms with van der Waals surface area (Å²) in [6.07, 6.45) is 6.51. The number of benzene rings is 1. The summed E-state index contributed by atoms with van der Waals surface area (Å²) in [5.41, 5.74) is 2.10. The number of sulfonamides is 1. The molecule has 2 aromatic rings. The van der Waals surface area contributed by atoms with Crippen LogP contribution in [-0.2, 0) is 16.6 Å². The van der Waals surface area contributed by atoms with Crippen molar-refractivity contribution < 1.29 is 8.42 Å². The Hall–Kier alpha value is -3.38. The van der Waals surface area contributed by atoms with Crippen molar-refractivity contribution in [2.75, 3.05) is 10.0 Å². The lowest BCUT2D eigenvalue weighted by Crippen LogP contribution is -2.18. The number of nitriles is 1. The number of nitrogens with zero attached hydrogens (tertiary/aromatic N) is 2. The smallest absolute Gasteiger partial charge is 0.250 e. The van der Waals surface area contributed by atoms with Gasteiger partial charge in [-0.05, 0) is 37.5 Å². The van der Waals surface area contributed by atoms with Crippen molar-refractivity contribution in [2.24, 2.45) is 0 Å². The fraction of sp³-hybridized carbons (Fsp3) is 0.286. The van der Waals surface area contributed by atoms with Crippen LogP contribution < -0.4 is 15.6 Å². The third-order valence-corrected chi connectivity index (χ3v) is 6.54. The van der Waals surface area contributed by atoms with Gasteiger partial charge in [-0.3, -0.25) is 9.52 Å². The summed E-state index contributed by atoms with van der Waals surface area (Å²) < 4.78 is 28.4. The van der Waals surface area contributed by atoms with Gasteiger partial charge in [0.1, 0.15) is 0 Å². The van der Waals surface area contributed by atoms with Crippen LogP contribution in [-0.4, -0.2) is 24.4 Å². The average Bonchev–Trinajstić information content (AvgIpc) is 3.57. The first-order valence-electron chi connectivity index (χ1n) is 9.61. The predicted octanol–water partition coefficient (Wildman–Crippen LogP) is 3.14. The number of rotatable bonds is 9. The van der Waals surface area contributed by atoms with Gasteiger partial charge in [-0.1, -0.05) is 13.0 Å². The molecule has 0 spiro atoms. The molecule has 1 aromatic carbocycles. The molecule has 0 amide bonds. The Morgan fingerprint density at radius 1 is 1.30 bits per heavy atom. The largest absolute Gasteiger partial charge is 0.360 e. The van der Waals surface area contributed by atoms with Crippen LogP contribution in [0.5, 0.6) is 0 Å². The number of hydrogen-bond donors (Lipinski definition) is 3. The maximum atomic E-state index is 12.1. The first-order valence-corrected chi connectivity index (χ1v) is 11.2. The van der Waals surface area contributed by atoms with E-state index in [9.17, 15) is 18.5 Å². The van der Waals surface area contributed by atoms with Gasteiger partial charge in [-0.25, -0.2) is 8.42 Å². The zero-order valence-electron chi connectivity index (χ0n) is 16.6. The Morgan fingerprint density at radius 2 is 2.03 bits per heavy atom. The second-order valence-corrected chi connectivity index (χ2v) is 9.02. The van der Waals surface area contributed by atoms with Crippen molar-refractivity contribution in [3.63, 3.8) is 0 Å². The molecule has 0 saturated heterocycles. The second-order valence-electron chi connectivity index (χ2n) is 7.06. The lowest BCUT2D eigenvalue weighted by Gasteiger charge is -2.11. The van der Waals surface area contributed by atoms with Crippen molar-refractivity contribution in [3.8, 4) is 6.07 Å². The van der Waals surface area contributed by atoms with Crippen LogP contribution >= 0.6 is 0 Å². The van der Waals surface area contributed by atoms with Crippen LogP contribution in [0.15, 0.2) is 47.5 Å². The standard InChI is InChI=1S/C21H23N5O3S/c1-2-9-26-14-18(4-8-21(26)27)24-13-16(12-23)20-7-3-17(10-15(20)11-22)25-30(28,29)19-5-6-19/h3-4,7-8,10,12-14,19,23-25H,2,5-6,9H2,1H3/b16-13+,23-12?. The molecule has 0 bridgehead atoms. The molecule has 0 aliphatic heterocycles. The molecule has 1 aliphatic rings. The van der Waals surface area contributed by atoms with Crippen molar-refractivity contribution >= 4 is 33.2 Å². The minimum absolute atomic E-state index is 0.0883. The van der Waals surface area contributed by atoms with Crippen molar-refractivity contribution in [1.29, 1.82) is 10.7 Å². The highest BCUT2D eigenvalue weighted by Gasteiger charge is 2.35. The number of nitrogens with one attached hydrogen (secondary N) is 3. The van der Waals surface area contributed by atoms with Crippen LogP contribution in [0.1, 0.15) is 37.3 Å². The van der Waals surface area contributed by atoms with E-state index in [0.29, 0.717) is 41.9 Å². The number of pyridine rings is 1. The van der Waals surface area contributed by atoms with Crippen LogP contribution in [0.4, 0.5) is 11.4 Å². The van der Waals surface area contributed by atoms with Gasteiger partial charge in [0.2, 0.25) is 10.0 Å². The number of anilines is 2. The molecule has 30 heavy (non-hydrogen) atoms. The summed E-state index contributed by atoms with van der Waals surface area (Å²) in [6.45, 7) is 2.59. The minimum atomic E-state index is -3.42. The van der Waals surface area contributed by atoms with Gasteiger partial charge in [-0.15, -0.1) is 0 Å². The molecule has 0 radical (unpaired) electrons. The SMILES string of the molecule is CCCn1cc(N/C=C(\C=N)c2ccc(NS(=O)(=O)C3CC3)cc2C#N)ccc1=O. The molecule has 8 nitrogen and oxygen atoms in total. The molecular weight excluding hydrogens is 402 g/mol. The van der Waals surface area contributed by atoms with E-state index in [1.165, 1.54) is 12.1 Å². The molecule has 156 valence electrons. The number of hydrogen-bond acceptors (Lipinski definition) is 6. The number of allylic oxidation sites excluding steroid dienone is 1. The fourth-order valence-corrected chi connectivity index (χ4v) is 4.35. The van der Waals surface area contributed by atoms with Crippen molar-refractivity contribution in [3.05, 3.63) is 64.2 Å². The molecule has 1 aromatic heterocycles. The summed E-state index contributed by atoms with van der Waals surface area (Å²) in [5.74, 6) is 0. The van der Waals surface area contributed by atoms with Gasteiger partial charge >= 0.3 is 0 Å². The minimum Gasteiger partial charge on any atom is -0.360 e. The maximum Gasteiger partial charge on any atom is 0.250 e. The maximum absolute atomic E-state index is 12.1. The van der Waals surface area contributed by atoms with E-state index in [-0.39, 0.29) is 16.4 Å². The Kier molecular flexibility index (Phi) is 6.37. The van der Waals surface area contributed by atoms with E-state index in [2.05, 4.69) is 16.1 Å². The first-order chi connectivity index (χ1) is 14.4. The van der Waals surface area contributed by atoms with E-state index in [0.717, 1.165) is 12.6 Å². The molecule has 1 fully saturated rings. The van der Waals surface area contributed by atoms with Crippen molar-refractivity contribution in [2.45, 2.75) is 38.0 Å². The van der Waals surface area contributed by atoms with Gasteiger partial charge in [0, 0.05) is 48.0 Å². The van der Waals surface area contributed by atoms with Crippen molar-refractivity contribution in [1.82, 2.24) is 4.57 Å². The average molecular weight is 426 g/mol. The van der Waals surface area contributed by atoms with Crippen LogP contribution in [0.3, 0.4) is 0 Å². The zero-order valence-corrected chi connectivity index (χ0v) is 17.4. The molecule has 3 N–H and O–H groups in total. The molecular formula is C21H23N5O3S. The molecule has 3 rings (SSSR count). The van der Waals surface area contributed by atoms with E-state index in [4.69, 9.17) is 5.41 Å². The van der Waals surface area contributed by atoms with Gasteiger partial charge in [0.25, 0.3) is 5.56 Å². The summed E-state index contributed by atoms with van der Waals surface area (Å²) in [6, 6.07) is 9.83. The highest BCUT2D eigenvalue weighted by Crippen LogP contribution is 2.30. The third-order valence-electron chi connectivity index (χ3n) is 4.67. The Morgan fingerprint density at radius 3 is 2.67 bits per heavy atom. The second kappa shape index (κ2) is 8.97. The van der Waals surface area contributed by atoms with Crippen LogP contribution in [0.2, 0.25) is 0 Å². The van der Waals surface area contributed by atoms with E-state index in [1.54, 1.807) is 35.2 Å². The van der Waals surface area contributed by atoms with E-state index >= 15 is 0 Å². The summed E-state index contributed by atoms with van der Waals surface area (Å²) in [4.78, 5) is 11.8. The molecule has 1 heterocycles. The number of aromatic nitrogens is 1. The number of aryl methyl sites for hydroxylation is 1. The molecule has 0 atom stereocenters. The molecule has 1 aliphatic carbocycles. The summed E-state index contributed by atoms with van der Waals surface area (Å²) in [5, 5.41) is 20.0.